The molecule has 0 amide bonds. The molecule has 0 bridgehead atoms. The van der Waals surface area contributed by atoms with E-state index in [1.807, 2.05) is 25.1 Å². The van der Waals surface area contributed by atoms with E-state index < -0.39 is 0 Å². The maximum atomic E-state index is 12.6. The van der Waals surface area contributed by atoms with Crippen molar-refractivity contribution < 1.29 is 0 Å². The van der Waals surface area contributed by atoms with E-state index in [0.717, 1.165) is 36.5 Å². The average Bonchev–Trinajstić information content (AvgIpc) is 3.23. The number of nitrogens with one attached hydrogen (secondary N) is 1. The second-order valence-electron chi connectivity index (χ2n) is 6.39. The summed E-state index contributed by atoms with van der Waals surface area (Å²) in [7, 11) is 0. The van der Waals surface area contributed by atoms with Crippen LogP contribution in [0.2, 0.25) is 0 Å². The molecule has 4 rings (SSSR count). The molecule has 0 radical (unpaired) electrons. The van der Waals surface area contributed by atoms with Crippen molar-refractivity contribution in [3.05, 3.63) is 52.0 Å². The minimum Gasteiger partial charge on any atom is -0.300 e. The summed E-state index contributed by atoms with van der Waals surface area (Å²) < 4.78 is 2.10. The Morgan fingerprint density at radius 2 is 2.08 bits per heavy atom. The molecule has 0 spiro atoms. The van der Waals surface area contributed by atoms with Gasteiger partial charge in [-0.25, -0.2) is 4.98 Å². The summed E-state index contributed by atoms with van der Waals surface area (Å²) in [6.45, 7) is 2.05. The Labute approximate surface area is 140 Å². The molecule has 1 aromatic rings. The van der Waals surface area contributed by atoms with Crippen LogP contribution in [0.3, 0.4) is 0 Å². The summed E-state index contributed by atoms with van der Waals surface area (Å²) in [5, 5.41) is 3.41. The van der Waals surface area contributed by atoms with Gasteiger partial charge in [0.25, 0.3) is 5.56 Å². The van der Waals surface area contributed by atoms with E-state index >= 15 is 0 Å². The summed E-state index contributed by atoms with van der Waals surface area (Å²) in [4.78, 5) is 25.8. The molecular formula is C18H21N5O. The topological polar surface area (TPSA) is 76.5 Å². The lowest BCUT2D eigenvalue weighted by Crippen LogP contribution is -2.18. The zero-order chi connectivity index (χ0) is 16.5. The molecule has 0 aromatic carbocycles. The monoisotopic (exact) mass is 323 g/mol. The SMILES string of the molecule is CCc1[nH]n(C2CCCC2)c2nc(Cc3ccccn3)nc(=O)c1-2. The van der Waals surface area contributed by atoms with Crippen molar-refractivity contribution in [3.8, 4) is 11.4 Å². The largest absolute Gasteiger partial charge is 0.300 e. The Bertz CT molecular complexity index is 861. The molecule has 124 valence electrons. The molecule has 1 aromatic heterocycles. The van der Waals surface area contributed by atoms with E-state index in [1.165, 1.54) is 12.8 Å². The Morgan fingerprint density at radius 3 is 2.79 bits per heavy atom. The molecule has 2 aliphatic heterocycles. The summed E-state index contributed by atoms with van der Waals surface area (Å²) in [6, 6.07) is 6.14. The van der Waals surface area contributed by atoms with Gasteiger partial charge in [-0.15, -0.1) is 0 Å². The van der Waals surface area contributed by atoms with Crippen LogP contribution in [-0.4, -0.2) is 24.7 Å². The van der Waals surface area contributed by atoms with Gasteiger partial charge in [0.2, 0.25) is 0 Å². The standard InChI is InChI=1S/C18H21N5O/c1-2-14-16-17(23(22-14)13-8-3-4-9-13)20-15(21-18(16)24)11-12-7-5-6-10-19-12/h5-7,10,13,22H,2-4,8-9,11H2,1H3. The molecule has 6 nitrogen and oxygen atoms in total. The molecule has 3 aliphatic rings. The van der Waals surface area contributed by atoms with Gasteiger partial charge >= 0.3 is 0 Å². The zero-order valence-electron chi connectivity index (χ0n) is 13.8. The van der Waals surface area contributed by atoms with E-state index in [0.29, 0.717) is 23.9 Å². The first-order valence-electron chi connectivity index (χ1n) is 8.66. The van der Waals surface area contributed by atoms with Crippen LogP contribution < -0.4 is 5.56 Å². The number of H-pyrrole nitrogens is 1. The summed E-state index contributed by atoms with van der Waals surface area (Å²) >= 11 is 0. The van der Waals surface area contributed by atoms with E-state index in [-0.39, 0.29) is 5.56 Å². The van der Waals surface area contributed by atoms with Crippen molar-refractivity contribution in [2.75, 3.05) is 0 Å². The van der Waals surface area contributed by atoms with Crippen molar-refractivity contribution >= 4 is 0 Å². The highest BCUT2D eigenvalue weighted by Gasteiger charge is 2.27. The predicted octanol–water partition coefficient (Wildman–Crippen LogP) is 2.73. The minimum atomic E-state index is -0.184. The van der Waals surface area contributed by atoms with E-state index in [9.17, 15) is 4.79 Å². The van der Waals surface area contributed by atoms with Gasteiger partial charge in [0, 0.05) is 17.6 Å². The third-order valence-corrected chi connectivity index (χ3v) is 4.80. The van der Waals surface area contributed by atoms with Crippen molar-refractivity contribution in [2.45, 2.75) is 51.5 Å². The molecule has 1 N–H and O–H groups in total. The third kappa shape index (κ3) is 2.62. The number of aryl methyl sites for hydroxylation is 1. The van der Waals surface area contributed by atoms with Gasteiger partial charge in [-0.1, -0.05) is 25.8 Å². The molecule has 1 fully saturated rings. The van der Waals surface area contributed by atoms with Gasteiger partial charge in [-0.05, 0) is 31.4 Å². The number of rotatable bonds is 4. The highest BCUT2D eigenvalue weighted by Crippen LogP contribution is 2.33. The number of aromatic nitrogens is 5. The van der Waals surface area contributed by atoms with Gasteiger partial charge < -0.3 is 0 Å². The van der Waals surface area contributed by atoms with Crippen LogP contribution in [0.25, 0.3) is 11.4 Å². The number of fused-ring (bicyclic) bond motifs is 1. The van der Waals surface area contributed by atoms with Crippen LogP contribution >= 0.6 is 0 Å². The van der Waals surface area contributed by atoms with Gasteiger partial charge in [0.15, 0.2) is 5.82 Å². The fourth-order valence-electron chi connectivity index (χ4n) is 3.59. The number of hydrogen-bond acceptors (Lipinski definition) is 4. The van der Waals surface area contributed by atoms with Gasteiger partial charge in [-0.2, -0.15) is 4.98 Å². The lowest BCUT2D eigenvalue weighted by molar-refractivity contribution is 0.464. The first-order chi connectivity index (χ1) is 11.8. The Morgan fingerprint density at radius 1 is 1.25 bits per heavy atom. The smallest absolute Gasteiger partial charge is 0.284 e. The molecule has 3 heterocycles. The van der Waals surface area contributed by atoms with Crippen LogP contribution in [0, 0.1) is 0 Å². The van der Waals surface area contributed by atoms with Crippen LogP contribution in [0.4, 0.5) is 0 Å². The van der Waals surface area contributed by atoms with E-state index in [1.54, 1.807) is 6.20 Å². The van der Waals surface area contributed by atoms with Crippen molar-refractivity contribution in [3.63, 3.8) is 0 Å². The lowest BCUT2D eigenvalue weighted by Gasteiger charge is -2.13. The predicted molar refractivity (Wildman–Crippen MR) is 91.2 cm³/mol. The van der Waals surface area contributed by atoms with Crippen molar-refractivity contribution in [1.82, 2.24) is 24.7 Å². The van der Waals surface area contributed by atoms with Crippen LogP contribution in [-0.2, 0) is 12.8 Å². The molecular weight excluding hydrogens is 302 g/mol. The van der Waals surface area contributed by atoms with Crippen LogP contribution in [0.15, 0.2) is 29.2 Å². The lowest BCUT2D eigenvalue weighted by atomic mass is 10.1. The number of aromatic amines is 1. The fourth-order valence-corrected chi connectivity index (χ4v) is 3.59. The van der Waals surface area contributed by atoms with Crippen LogP contribution in [0.1, 0.15) is 55.9 Å². The second-order valence-corrected chi connectivity index (χ2v) is 6.39. The van der Waals surface area contributed by atoms with E-state index in [2.05, 4.69) is 19.7 Å². The van der Waals surface area contributed by atoms with Crippen LogP contribution in [0.5, 0.6) is 0 Å². The molecule has 6 heteroatoms. The quantitative estimate of drug-likeness (QED) is 0.801. The maximum Gasteiger partial charge on any atom is 0.284 e. The Balaban J connectivity index is 1.81. The highest BCUT2D eigenvalue weighted by molar-refractivity contribution is 5.59. The maximum absolute atomic E-state index is 12.6. The Kier molecular flexibility index (Phi) is 3.88. The molecule has 0 unspecified atom stereocenters. The molecule has 0 atom stereocenters. The van der Waals surface area contributed by atoms with Gasteiger partial charge in [-0.3, -0.25) is 19.6 Å². The third-order valence-electron chi connectivity index (χ3n) is 4.80. The number of nitrogens with zero attached hydrogens (tertiary/aromatic N) is 4. The average molecular weight is 323 g/mol. The van der Waals surface area contributed by atoms with E-state index in [4.69, 9.17) is 4.98 Å². The minimum absolute atomic E-state index is 0.184. The first-order valence-corrected chi connectivity index (χ1v) is 8.66. The van der Waals surface area contributed by atoms with Gasteiger partial charge in [0.1, 0.15) is 11.4 Å². The highest BCUT2D eigenvalue weighted by atomic mass is 16.1. The summed E-state index contributed by atoms with van der Waals surface area (Å²) in [6.07, 6.45) is 7.73. The molecule has 1 saturated carbocycles. The zero-order valence-corrected chi connectivity index (χ0v) is 13.8. The van der Waals surface area contributed by atoms with Crippen molar-refractivity contribution in [1.29, 1.82) is 0 Å². The molecule has 24 heavy (non-hydrogen) atoms. The summed E-state index contributed by atoms with van der Waals surface area (Å²) in [5.41, 5.74) is 2.27. The number of hydrogen-bond donors (Lipinski definition) is 1. The Hall–Kier alpha value is -2.50. The van der Waals surface area contributed by atoms with Crippen molar-refractivity contribution in [2.24, 2.45) is 0 Å². The molecule has 0 saturated heterocycles. The normalized spacial score (nSPS) is 15.4. The fraction of sp³-hybridized carbons (Fsp3) is 0.444. The second kappa shape index (κ2) is 6.19. The molecule has 1 aliphatic carbocycles. The summed E-state index contributed by atoms with van der Waals surface area (Å²) in [5.74, 6) is 1.30. The number of pyridine rings is 1. The first kappa shape index (κ1) is 15.1. The van der Waals surface area contributed by atoms with Gasteiger partial charge in [0.05, 0.1) is 12.5 Å².